The van der Waals surface area contributed by atoms with E-state index in [-0.39, 0.29) is 0 Å². The van der Waals surface area contributed by atoms with Gasteiger partial charge in [0.15, 0.2) is 0 Å². The molecule has 0 aliphatic carbocycles. The Labute approximate surface area is 117 Å². The molecule has 0 amide bonds. The van der Waals surface area contributed by atoms with Gasteiger partial charge in [0.2, 0.25) is 0 Å². The smallest absolute Gasteiger partial charge is 0.150 e. The second kappa shape index (κ2) is 8.83. The highest BCUT2D eigenvalue weighted by Gasteiger charge is 2.21. The van der Waals surface area contributed by atoms with E-state index in [4.69, 9.17) is 0 Å². The van der Waals surface area contributed by atoms with E-state index < -0.39 is 0 Å². The molecule has 1 saturated heterocycles. The average Bonchev–Trinajstić information content (AvgIpc) is 2.88. The summed E-state index contributed by atoms with van der Waals surface area (Å²) in [5.74, 6) is 0. The van der Waals surface area contributed by atoms with E-state index in [0.29, 0.717) is 0 Å². The van der Waals surface area contributed by atoms with Gasteiger partial charge in [0.25, 0.3) is 0 Å². The second-order valence-corrected chi connectivity index (χ2v) is 4.96. The zero-order valence-corrected chi connectivity index (χ0v) is 12.4. The van der Waals surface area contributed by atoms with Gasteiger partial charge in [0.1, 0.15) is 6.29 Å². The highest BCUT2D eigenvalue weighted by molar-refractivity contribution is 5.76. The monoisotopic (exact) mass is 262 g/mol. The molecular formula is C16H26N2O. The second-order valence-electron chi connectivity index (χ2n) is 4.96. The summed E-state index contributed by atoms with van der Waals surface area (Å²) in [4.78, 5) is 12.8. The molecule has 1 aliphatic rings. The first kappa shape index (κ1) is 15.9. The van der Waals surface area contributed by atoms with Gasteiger partial charge in [-0.1, -0.05) is 31.2 Å². The maximum atomic E-state index is 10.2. The fourth-order valence-electron chi connectivity index (χ4n) is 2.50. The lowest BCUT2D eigenvalue weighted by molar-refractivity contribution is 0.112. The minimum atomic E-state index is 0.775. The summed E-state index contributed by atoms with van der Waals surface area (Å²) in [7, 11) is 2.03. The maximum absolute atomic E-state index is 10.2. The standard InChI is InChI=1S/C8H18N2.C8H8O/c1-3-10-6-4-5-8(10)7-9-2;1-7-4-2-3-5-8(7)6-9/h8-9H,3-7H2,1-2H3;2-6H,1H3. The van der Waals surface area contributed by atoms with E-state index in [1.807, 2.05) is 38.2 Å². The molecule has 0 spiro atoms. The Balaban J connectivity index is 0.000000191. The maximum Gasteiger partial charge on any atom is 0.150 e. The molecule has 0 bridgehead atoms. The molecule has 1 N–H and O–H groups in total. The molecular weight excluding hydrogens is 236 g/mol. The summed E-state index contributed by atoms with van der Waals surface area (Å²) in [5.41, 5.74) is 1.81. The number of likely N-dealkylation sites (tertiary alicyclic amines) is 1. The first-order valence-electron chi connectivity index (χ1n) is 7.12. The van der Waals surface area contributed by atoms with Crippen LogP contribution in [0.2, 0.25) is 0 Å². The highest BCUT2D eigenvalue weighted by atomic mass is 16.1. The molecule has 0 radical (unpaired) electrons. The van der Waals surface area contributed by atoms with Crippen molar-refractivity contribution in [3.63, 3.8) is 0 Å². The summed E-state index contributed by atoms with van der Waals surface area (Å²) in [6, 6.07) is 8.32. The third kappa shape index (κ3) is 5.13. The third-order valence-electron chi connectivity index (χ3n) is 3.66. The van der Waals surface area contributed by atoms with Crippen molar-refractivity contribution in [1.29, 1.82) is 0 Å². The van der Waals surface area contributed by atoms with Crippen LogP contribution in [-0.4, -0.2) is 43.9 Å². The largest absolute Gasteiger partial charge is 0.318 e. The molecule has 1 heterocycles. The van der Waals surface area contributed by atoms with Crippen LogP contribution < -0.4 is 5.32 Å². The van der Waals surface area contributed by atoms with Crippen LogP contribution in [-0.2, 0) is 0 Å². The van der Waals surface area contributed by atoms with Crippen molar-refractivity contribution in [2.45, 2.75) is 32.7 Å². The van der Waals surface area contributed by atoms with Crippen LogP contribution in [0.25, 0.3) is 0 Å². The van der Waals surface area contributed by atoms with Gasteiger partial charge in [0, 0.05) is 18.2 Å². The summed E-state index contributed by atoms with van der Waals surface area (Å²) >= 11 is 0. The lowest BCUT2D eigenvalue weighted by atomic mass is 10.1. The lowest BCUT2D eigenvalue weighted by Gasteiger charge is -2.21. The number of carbonyl (C=O) groups is 1. The Hall–Kier alpha value is -1.19. The lowest BCUT2D eigenvalue weighted by Crippen LogP contribution is -2.36. The molecule has 3 heteroatoms. The quantitative estimate of drug-likeness (QED) is 0.846. The van der Waals surface area contributed by atoms with E-state index in [0.717, 1.165) is 30.0 Å². The van der Waals surface area contributed by atoms with Crippen LogP contribution in [0, 0.1) is 6.92 Å². The molecule has 1 aromatic carbocycles. The number of hydrogen-bond donors (Lipinski definition) is 1. The van der Waals surface area contributed by atoms with E-state index >= 15 is 0 Å². The van der Waals surface area contributed by atoms with Crippen molar-refractivity contribution < 1.29 is 4.79 Å². The third-order valence-corrected chi connectivity index (χ3v) is 3.66. The summed E-state index contributed by atoms with van der Waals surface area (Å²) in [5, 5.41) is 3.23. The van der Waals surface area contributed by atoms with Crippen LogP contribution in [0.1, 0.15) is 35.7 Å². The summed E-state index contributed by atoms with van der Waals surface area (Å²) < 4.78 is 0. The first-order valence-corrected chi connectivity index (χ1v) is 7.12. The van der Waals surface area contributed by atoms with Crippen molar-refractivity contribution >= 4 is 6.29 Å². The van der Waals surface area contributed by atoms with Gasteiger partial charge in [0.05, 0.1) is 0 Å². The fourth-order valence-corrected chi connectivity index (χ4v) is 2.50. The minimum absolute atomic E-state index is 0.775. The van der Waals surface area contributed by atoms with Crippen molar-refractivity contribution in [3.8, 4) is 0 Å². The van der Waals surface area contributed by atoms with Crippen LogP contribution in [0.5, 0.6) is 0 Å². The molecule has 2 rings (SSSR count). The van der Waals surface area contributed by atoms with Gasteiger partial charge in [-0.05, 0) is 45.5 Å². The van der Waals surface area contributed by atoms with Gasteiger partial charge in [-0.3, -0.25) is 9.69 Å². The first-order chi connectivity index (χ1) is 9.22. The predicted octanol–water partition coefficient (Wildman–Crippen LogP) is 2.50. The topological polar surface area (TPSA) is 32.3 Å². The van der Waals surface area contributed by atoms with Crippen LogP contribution in [0.3, 0.4) is 0 Å². The van der Waals surface area contributed by atoms with Crippen molar-refractivity contribution in [3.05, 3.63) is 35.4 Å². The van der Waals surface area contributed by atoms with Crippen LogP contribution in [0.4, 0.5) is 0 Å². The number of nitrogens with zero attached hydrogens (tertiary/aromatic N) is 1. The Kier molecular flexibility index (Phi) is 7.38. The molecule has 0 saturated carbocycles. The molecule has 1 fully saturated rings. The Morgan fingerprint density at radius 1 is 1.42 bits per heavy atom. The minimum Gasteiger partial charge on any atom is -0.318 e. The highest BCUT2D eigenvalue weighted by Crippen LogP contribution is 2.15. The summed E-state index contributed by atoms with van der Waals surface area (Å²) in [6.07, 6.45) is 3.64. The van der Waals surface area contributed by atoms with Gasteiger partial charge < -0.3 is 5.32 Å². The number of aldehydes is 1. The molecule has 106 valence electrons. The molecule has 1 atom stereocenters. The number of likely N-dealkylation sites (N-methyl/N-ethyl adjacent to an activating group) is 2. The molecule has 1 unspecified atom stereocenters. The average molecular weight is 262 g/mol. The molecule has 0 aromatic heterocycles. The molecule has 19 heavy (non-hydrogen) atoms. The number of aryl methyl sites for hydroxylation is 1. The van der Waals surface area contributed by atoms with Crippen molar-refractivity contribution in [2.75, 3.05) is 26.7 Å². The van der Waals surface area contributed by atoms with Gasteiger partial charge in [-0.2, -0.15) is 0 Å². The number of rotatable bonds is 4. The SMILES string of the molecule is CCN1CCCC1CNC.Cc1ccccc1C=O. The van der Waals surface area contributed by atoms with Gasteiger partial charge in [-0.25, -0.2) is 0 Å². The van der Waals surface area contributed by atoms with Crippen molar-refractivity contribution in [1.82, 2.24) is 10.2 Å². The van der Waals surface area contributed by atoms with Crippen LogP contribution >= 0.6 is 0 Å². The van der Waals surface area contributed by atoms with E-state index in [1.54, 1.807) is 0 Å². The summed E-state index contributed by atoms with van der Waals surface area (Å²) in [6.45, 7) is 7.85. The zero-order chi connectivity index (χ0) is 14.1. The van der Waals surface area contributed by atoms with E-state index in [2.05, 4.69) is 17.1 Å². The molecule has 1 aliphatic heterocycles. The van der Waals surface area contributed by atoms with Crippen LogP contribution in [0.15, 0.2) is 24.3 Å². The Bertz CT molecular complexity index is 379. The van der Waals surface area contributed by atoms with Crippen molar-refractivity contribution in [2.24, 2.45) is 0 Å². The number of hydrogen-bond acceptors (Lipinski definition) is 3. The Morgan fingerprint density at radius 3 is 2.68 bits per heavy atom. The number of nitrogens with one attached hydrogen (secondary N) is 1. The van der Waals surface area contributed by atoms with E-state index in [1.165, 1.54) is 25.9 Å². The molecule has 3 nitrogen and oxygen atoms in total. The Morgan fingerprint density at radius 2 is 2.16 bits per heavy atom. The number of carbonyl (C=O) groups excluding carboxylic acids is 1. The van der Waals surface area contributed by atoms with Gasteiger partial charge >= 0.3 is 0 Å². The predicted molar refractivity (Wildman–Crippen MR) is 80.8 cm³/mol. The fraction of sp³-hybridized carbons (Fsp3) is 0.562. The van der Waals surface area contributed by atoms with E-state index in [9.17, 15) is 4.79 Å². The molecule has 1 aromatic rings. The normalized spacial score (nSPS) is 18.8. The van der Waals surface area contributed by atoms with Gasteiger partial charge in [-0.15, -0.1) is 0 Å². The number of benzene rings is 1. The zero-order valence-electron chi connectivity index (χ0n) is 12.4.